The zero-order valence-corrected chi connectivity index (χ0v) is 8.55. The van der Waals surface area contributed by atoms with Crippen LogP contribution in [0.15, 0.2) is 6.33 Å². The number of carbonyl (C=O) groups excluding carboxylic acids is 1. The van der Waals surface area contributed by atoms with Crippen molar-refractivity contribution >= 4 is 11.9 Å². The smallest absolute Gasteiger partial charge is 0.242 e. The fourth-order valence-electron chi connectivity index (χ4n) is 1.08. The van der Waals surface area contributed by atoms with Gasteiger partial charge in [-0.3, -0.25) is 4.79 Å². The van der Waals surface area contributed by atoms with E-state index in [4.69, 9.17) is 10.8 Å². The van der Waals surface area contributed by atoms with Crippen molar-refractivity contribution in [3.05, 3.63) is 6.33 Å². The largest absolute Gasteiger partial charge is 0.394 e. The number of rotatable bonds is 5. The van der Waals surface area contributed by atoms with Crippen molar-refractivity contribution in [1.29, 1.82) is 0 Å². The first-order chi connectivity index (χ1) is 7.15. The maximum atomic E-state index is 11.4. The van der Waals surface area contributed by atoms with Crippen LogP contribution in [0.2, 0.25) is 0 Å². The van der Waals surface area contributed by atoms with Crippen LogP contribution in [0.4, 0.5) is 5.95 Å². The first-order valence-electron chi connectivity index (χ1n) is 4.70. The van der Waals surface area contributed by atoms with Gasteiger partial charge in [0.05, 0.1) is 12.6 Å². The van der Waals surface area contributed by atoms with Gasteiger partial charge < -0.3 is 16.2 Å². The molecule has 1 amide bonds. The van der Waals surface area contributed by atoms with E-state index in [0.717, 1.165) is 0 Å². The third-order valence-electron chi connectivity index (χ3n) is 1.94. The van der Waals surface area contributed by atoms with Gasteiger partial charge in [-0.1, -0.05) is 6.92 Å². The van der Waals surface area contributed by atoms with Crippen LogP contribution in [0.1, 0.15) is 13.3 Å². The Morgan fingerprint density at radius 2 is 2.53 bits per heavy atom. The number of aromatic nitrogens is 3. The monoisotopic (exact) mass is 213 g/mol. The number of hydrogen-bond donors (Lipinski definition) is 3. The number of aliphatic hydroxyl groups is 1. The maximum Gasteiger partial charge on any atom is 0.242 e. The second-order valence-corrected chi connectivity index (χ2v) is 3.16. The van der Waals surface area contributed by atoms with E-state index in [2.05, 4.69) is 15.4 Å². The molecule has 1 atom stereocenters. The molecule has 7 nitrogen and oxygen atoms in total. The zero-order chi connectivity index (χ0) is 11.3. The number of amides is 1. The van der Waals surface area contributed by atoms with Crippen LogP contribution in [0.25, 0.3) is 0 Å². The average Bonchev–Trinajstić information content (AvgIpc) is 2.60. The molecule has 1 aromatic heterocycles. The summed E-state index contributed by atoms with van der Waals surface area (Å²) in [5, 5.41) is 15.3. The van der Waals surface area contributed by atoms with Crippen LogP contribution in [-0.4, -0.2) is 38.4 Å². The highest BCUT2D eigenvalue weighted by Crippen LogP contribution is 1.92. The van der Waals surface area contributed by atoms with Crippen molar-refractivity contribution in [3.8, 4) is 0 Å². The van der Waals surface area contributed by atoms with E-state index in [1.165, 1.54) is 11.0 Å². The number of carbonyl (C=O) groups is 1. The second-order valence-electron chi connectivity index (χ2n) is 3.16. The van der Waals surface area contributed by atoms with Crippen molar-refractivity contribution in [2.75, 3.05) is 12.3 Å². The van der Waals surface area contributed by atoms with Crippen molar-refractivity contribution in [2.45, 2.75) is 25.9 Å². The van der Waals surface area contributed by atoms with Gasteiger partial charge in [0.2, 0.25) is 11.9 Å². The molecule has 4 N–H and O–H groups in total. The normalized spacial score (nSPS) is 12.4. The van der Waals surface area contributed by atoms with Crippen molar-refractivity contribution in [3.63, 3.8) is 0 Å². The number of nitrogens with two attached hydrogens (primary N) is 1. The molecule has 1 heterocycles. The van der Waals surface area contributed by atoms with Gasteiger partial charge in [-0.2, -0.15) is 0 Å². The summed E-state index contributed by atoms with van der Waals surface area (Å²) in [4.78, 5) is 15.1. The van der Waals surface area contributed by atoms with Crippen molar-refractivity contribution in [2.24, 2.45) is 0 Å². The van der Waals surface area contributed by atoms with Gasteiger partial charge in [0.1, 0.15) is 12.9 Å². The van der Waals surface area contributed by atoms with E-state index < -0.39 is 0 Å². The molecule has 0 spiro atoms. The lowest BCUT2D eigenvalue weighted by Crippen LogP contribution is -2.38. The summed E-state index contributed by atoms with van der Waals surface area (Å²) in [6.07, 6.45) is 2.07. The fourth-order valence-corrected chi connectivity index (χ4v) is 1.08. The van der Waals surface area contributed by atoms with Crippen LogP contribution < -0.4 is 11.1 Å². The summed E-state index contributed by atoms with van der Waals surface area (Å²) in [5.41, 5.74) is 5.29. The van der Waals surface area contributed by atoms with Gasteiger partial charge in [-0.25, -0.2) is 9.67 Å². The van der Waals surface area contributed by atoms with Crippen LogP contribution in [0, 0.1) is 0 Å². The minimum absolute atomic E-state index is 0.0562. The molecule has 0 saturated heterocycles. The molecule has 0 aromatic carbocycles. The van der Waals surface area contributed by atoms with E-state index in [9.17, 15) is 4.79 Å². The Bertz CT molecular complexity index is 321. The Morgan fingerprint density at radius 1 is 1.80 bits per heavy atom. The minimum Gasteiger partial charge on any atom is -0.394 e. The molecule has 1 rings (SSSR count). The Kier molecular flexibility index (Phi) is 4.04. The van der Waals surface area contributed by atoms with Crippen LogP contribution in [0.3, 0.4) is 0 Å². The summed E-state index contributed by atoms with van der Waals surface area (Å²) in [6.45, 7) is 1.87. The van der Waals surface area contributed by atoms with E-state index in [1.807, 2.05) is 6.92 Å². The SMILES string of the molecule is CC[C@H](CO)NC(=O)Cn1cnc(N)n1. The van der Waals surface area contributed by atoms with Crippen molar-refractivity contribution in [1.82, 2.24) is 20.1 Å². The van der Waals surface area contributed by atoms with Gasteiger partial charge in [0.25, 0.3) is 0 Å². The van der Waals surface area contributed by atoms with Gasteiger partial charge in [-0.15, -0.1) is 5.10 Å². The van der Waals surface area contributed by atoms with Crippen molar-refractivity contribution < 1.29 is 9.90 Å². The molecule has 1 aromatic rings. The summed E-state index contributed by atoms with van der Waals surface area (Å²) in [5.74, 6) is -0.0854. The molecular formula is C8H15N5O2. The summed E-state index contributed by atoms with van der Waals surface area (Å²) >= 11 is 0. The van der Waals surface area contributed by atoms with Gasteiger partial charge in [0.15, 0.2) is 0 Å². The Labute approximate surface area is 87.3 Å². The Hall–Kier alpha value is -1.63. The number of nitrogens with one attached hydrogen (secondary N) is 1. The summed E-state index contributed by atoms with van der Waals surface area (Å²) in [6, 6.07) is -0.210. The number of nitrogen functional groups attached to an aromatic ring is 1. The Balaban J connectivity index is 2.42. The molecule has 0 saturated carbocycles. The summed E-state index contributed by atoms with van der Waals surface area (Å²) in [7, 11) is 0. The zero-order valence-electron chi connectivity index (χ0n) is 8.55. The Morgan fingerprint density at radius 3 is 3.00 bits per heavy atom. The topological polar surface area (TPSA) is 106 Å². The molecule has 0 aliphatic carbocycles. The highest BCUT2D eigenvalue weighted by Gasteiger charge is 2.10. The standard InChI is InChI=1S/C8H15N5O2/c1-2-6(4-14)11-7(15)3-13-5-10-8(9)12-13/h5-6,14H,2-4H2,1H3,(H2,9,12)(H,11,15)/t6-/m1/s1. The lowest BCUT2D eigenvalue weighted by molar-refractivity contribution is -0.122. The maximum absolute atomic E-state index is 11.4. The average molecular weight is 213 g/mol. The minimum atomic E-state index is -0.221. The number of nitrogens with zero attached hydrogens (tertiary/aromatic N) is 3. The second kappa shape index (κ2) is 5.30. The van der Waals surface area contributed by atoms with E-state index >= 15 is 0 Å². The molecular weight excluding hydrogens is 198 g/mol. The number of aliphatic hydroxyl groups excluding tert-OH is 1. The third-order valence-corrected chi connectivity index (χ3v) is 1.94. The molecule has 7 heteroatoms. The molecule has 0 fully saturated rings. The molecule has 15 heavy (non-hydrogen) atoms. The fraction of sp³-hybridized carbons (Fsp3) is 0.625. The van der Waals surface area contributed by atoms with E-state index in [1.54, 1.807) is 0 Å². The van der Waals surface area contributed by atoms with Crippen LogP contribution in [-0.2, 0) is 11.3 Å². The molecule has 0 bridgehead atoms. The van der Waals surface area contributed by atoms with Gasteiger partial charge >= 0.3 is 0 Å². The number of anilines is 1. The van der Waals surface area contributed by atoms with Gasteiger partial charge in [0, 0.05) is 0 Å². The molecule has 84 valence electrons. The van der Waals surface area contributed by atoms with Gasteiger partial charge in [-0.05, 0) is 6.42 Å². The molecule has 0 unspecified atom stereocenters. The highest BCUT2D eigenvalue weighted by molar-refractivity contribution is 5.75. The number of hydrogen-bond acceptors (Lipinski definition) is 5. The lowest BCUT2D eigenvalue weighted by atomic mass is 10.2. The predicted molar refractivity (Wildman–Crippen MR) is 53.7 cm³/mol. The molecule has 0 aliphatic rings. The van der Waals surface area contributed by atoms with E-state index in [-0.39, 0.29) is 31.0 Å². The van der Waals surface area contributed by atoms with Crippen LogP contribution in [0.5, 0.6) is 0 Å². The summed E-state index contributed by atoms with van der Waals surface area (Å²) < 4.78 is 1.34. The quantitative estimate of drug-likeness (QED) is 0.566. The predicted octanol–water partition coefficient (Wildman–Crippen LogP) is -1.25. The first kappa shape index (κ1) is 11.4. The first-order valence-corrected chi connectivity index (χ1v) is 4.70. The highest BCUT2D eigenvalue weighted by atomic mass is 16.3. The third kappa shape index (κ3) is 3.55. The molecule has 0 aliphatic heterocycles. The lowest BCUT2D eigenvalue weighted by Gasteiger charge is -2.13. The van der Waals surface area contributed by atoms with E-state index in [0.29, 0.717) is 6.42 Å². The van der Waals surface area contributed by atoms with Crippen LogP contribution >= 0.6 is 0 Å². The molecule has 0 radical (unpaired) electrons.